The highest BCUT2D eigenvalue weighted by molar-refractivity contribution is 5.93. The summed E-state index contributed by atoms with van der Waals surface area (Å²) < 4.78 is 46.8. The first-order valence-corrected chi connectivity index (χ1v) is 7.84. The zero-order valence-electron chi connectivity index (χ0n) is 13.8. The van der Waals surface area contributed by atoms with E-state index in [0.717, 1.165) is 30.3 Å². The molecule has 0 spiro atoms. The second-order valence-electron chi connectivity index (χ2n) is 5.66. The lowest BCUT2D eigenvalue weighted by atomic mass is 10.1. The lowest BCUT2D eigenvalue weighted by molar-refractivity contribution is 0.0524. The molecule has 26 heavy (non-hydrogen) atoms. The van der Waals surface area contributed by atoms with Crippen molar-refractivity contribution >= 4 is 16.9 Å². The van der Waals surface area contributed by atoms with Gasteiger partial charge >= 0.3 is 5.97 Å². The van der Waals surface area contributed by atoms with Gasteiger partial charge in [-0.15, -0.1) is 0 Å². The molecule has 0 bridgehead atoms. The summed E-state index contributed by atoms with van der Waals surface area (Å²) in [5, 5.41) is -0.0209. The number of aromatic nitrogens is 1. The van der Waals surface area contributed by atoms with E-state index in [0.29, 0.717) is 5.52 Å². The smallest absolute Gasteiger partial charge is 0.343 e. The molecule has 134 valence electrons. The fraction of sp³-hybridized carbons (Fsp3) is 0.158. The fourth-order valence-electron chi connectivity index (χ4n) is 2.75. The van der Waals surface area contributed by atoms with Gasteiger partial charge in [0.15, 0.2) is 0 Å². The quantitative estimate of drug-likeness (QED) is 0.667. The van der Waals surface area contributed by atoms with Gasteiger partial charge in [0.1, 0.15) is 23.0 Å². The van der Waals surface area contributed by atoms with Gasteiger partial charge in [0.05, 0.1) is 12.1 Å². The summed E-state index contributed by atoms with van der Waals surface area (Å²) in [7, 11) is 0. The van der Waals surface area contributed by atoms with Gasteiger partial charge in [-0.25, -0.2) is 18.0 Å². The number of nitrogens with zero attached hydrogens (tertiary/aromatic N) is 1. The molecule has 1 heterocycles. The van der Waals surface area contributed by atoms with Crippen molar-refractivity contribution < 1.29 is 22.7 Å². The highest BCUT2D eigenvalue weighted by atomic mass is 19.1. The molecule has 0 unspecified atom stereocenters. The second kappa shape index (κ2) is 7.03. The highest BCUT2D eigenvalue weighted by Crippen LogP contribution is 2.17. The van der Waals surface area contributed by atoms with E-state index in [1.807, 2.05) is 0 Å². The van der Waals surface area contributed by atoms with Gasteiger partial charge in [0.2, 0.25) is 5.43 Å². The number of benzene rings is 2. The van der Waals surface area contributed by atoms with Crippen molar-refractivity contribution in [3.8, 4) is 0 Å². The molecule has 4 nitrogen and oxygen atoms in total. The van der Waals surface area contributed by atoms with Crippen LogP contribution in [0.4, 0.5) is 13.2 Å². The molecule has 0 fully saturated rings. The number of esters is 1. The zero-order valence-corrected chi connectivity index (χ0v) is 13.8. The number of ether oxygens (including phenoxy) is 1. The van der Waals surface area contributed by atoms with Crippen LogP contribution in [-0.4, -0.2) is 17.1 Å². The Bertz CT molecular complexity index is 1040. The van der Waals surface area contributed by atoms with Gasteiger partial charge in [-0.2, -0.15) is 0 Å². The number of pyridine rings is 1. The first-order valence-electron chi connectivity index (χ1n) is 7.84. The van der Waals surface area contributed by atoms with Gasteiger partial charge in [0, 0.05) is 24.2 Å². The first kappa shape index (κ1) is 17.7. The lowest BCUT2D eigenvalue weighted by Crippen LogP contribution is -2.21. The normalized spacial score (nSPS) is 10.9. The van der Waals surface area contributed by atoms with Crippen LogP contribution in [0, 0.1) is 17.5 Å². The highest BCUT2D eigenvalue weighted by Gasteiger charge is 2.17. The van der Waals surface area contributed by atoms with Crippen LogP contribution in [0.15, 0.2) is 47.4 Å². The van der Waals surface area contributed by atoms with E-state index in [-0.39, 0.29) is 29.7 Å². The van der Waals surface area contributed by atoms with Crippen molar-refractivity contribution in [3.05, 3.63) is 81.4 Å². The van der Waals surface area contributed by atoms with Gasteiger partial charge < -0.3 is 9.30 Å². The Kier molecular flexibility index (Phi) is 4.79. The molecule has 0 aliphatic heterocycles. The van der Waals surface area contributed by atoms with Crippen molar-refractivity contribution in [2.24, 2.45) is 0 Å². The number of fused-ring (bicyclic) bond motifs is 1. The van der Waals surface area contributed by atoms with Crippen LogP contribution in [0.1, 0.15) is 22.8 Å². The van der Waals surface area contributed by atoms with Crippen LogP contribution in [-0.2, 0) is 11.3 Å². The predicted molar refractivity (Wildman–Crippen MR) is 89.6 cm³/mol. The molecule has 0 radical (unpaired) electrons. The van der Waals surface area contributed by atoms with Crippen LogP contribution >= 0.6 is 0 Å². The molecule has 3 aromatic rings. The topological polar surface area (TPSA) is 48.3 Å². The summed E-state index contributed by atoms with van der Waals surface area (Å²) in [6.07, 6.45) is 1.25. The molecule has 7 heteroatoms. The minimum absolute atomic E-state index is 0.0209. The minimum atomic E-state index is -0.845. The Morgan fingerprint density at radius 2 is 1.73 bits per heavy atom. The molecule has 0 atom stereocenters. The fourth-order valence-corrected chi connectivity index (χ4v) is 2.75. The Morgan fingerprint density at radius 3 is 2.38 bits per heavy atom. The van der Waals surface area contributed by atoms with Crippen LogP contribution < -0.4 is 5.43 Å². The third-order valence-electron chi connectivity index (χ3n) is 3.81. The van der Waals surface area contributed by atoms with Crippen LogP contribution in [0.3, 0.4) is 0 Å². The number of carbonyl (C=O) groups excluding carboxylic acids is 1. The molecular formula is C19H14F3NO3. The molecule has 0 aliphatic rings. The molecule has 0 aliphatic carbocycles. The van der Waals surface area contributed by atoms with Crippen molar-refractivity contribution in [2.45, 2.75) is 13.5 Å². The molecule has 0 amide bonds. The van der Waals surface area contributed by atoms with Crippen molar-refractivity contribution in [1.29, 1.82) is 0 Å². The third kappa shape index (κ3) is 3.46. The average Bonchev–Trinajstić information content (AvgIpc) is 2.56. The number of carbonyl (C=O) groups is 1. The van der Waals surface area contributed by atoms with Gasteiger partial charge in [-0.3, -0.25) is 4.79 Å². The van der Waals surface area contributed by atoms with Gasteiger partial charge in [-0.1, -0.05) is 0 Å². The average molecular weight is 361 g/mol. The van der Waals surface area contributed by atoms with Crippen LogP contribution in [0.2, 0.25) is 0 Å². The molecule has 0 saturated heterocycles. The van der Waals surface area contributed by atoms with E-state index in [2.05, 4.69) is 0 Å². The molecule has 3 rings (SSSR count). The number of halogens is 3. The Labute approximate surface area is 146 Å². The molecule has 1 aromatic heterocycles. The summed E-state index contributed by atoms with van der Waals surface area (Å²) in [6.45, 7) is 1.63. The van der Waals surface area contributed by atoms with Gasteiger partial charge in [-0.05, 0) is 42.8 Å². The van der Waals surface area contributed by atoms with Crippen LogP contribution in [0.5, 0.6) is 0 Å². The maximum atomic E-state index is 13.6. The first-order chi connectivity index (χ1) is 12.4. The maximum Gasteiger partial charge on any atom is 0.343 e. The molecule has 0 saturated carbocycles. The summed E-state index contributed by atoms with van der Waals surface area (Å²) >= 11 is 0. The maximum absolute atomic E-state index is 13.6. The van der Waals surface area contributed by atoms with Crippen LogP contribution in [0.25, 0.3) is 10.9 Å². The largest absolute Gasteiger partial charge is 0.462 e. The molecule has 0 N–H and O–H groups in total. The van der Waals surface area contributed by atoms with E-state index in [1.54, 1.807) is 6.92 Å². The van der Waals surface area contributed by atoms with E-state index in [1.165, 1.54) is 16.8 Å². The molecular weight excluding hydrogens is 347 g/mol. The third-order valence-corrected chi connectivity index (χ3v) is 3.81. The number of hydrogen-bond acceptors (Lipinski definition) is 3. The number of rotatable bonds is 4. The van der Waals surface area contributed by atoms with Crippen molar-refractivity contribution in [3.63, 3.8) is 0 Å². The van der Waals surface area contributed by atoms with E-state index in [9.17, 15) is 22.8 Å². The summed E-state index contributed by atoms with van der Waals surface area (Å²) in [5.74, 6) is -2.98. The summed E-state index contributed by atoms with van der Waals surface area (Å²) in [6, 6.07) is 6.57. The second-order valence-corrected chi connectivity index (χ2v) is 5.66. The zero-order chi connectivity index (χ0) is 18.8. The van der Waals surface area contributed by atoms with E-state index in [4.69, 9.17) is 4.74 Å². The lowest BCUT2D eigenvalue weighted by Gasteiger charge is -2.13. The Balaban J connectivity index is 2.21. The monoisotopic (exact) mass is 361 g/mol. The van der Waals surface area contributed by atoms with E-state index < -0.39 is 28.8 Å². The van der Waals surface area contributed by atoms with Gasteiger partial charge in [0.25, 0.3) is 0 Å². The minimum Gasteiger partial charge on any atom is -0.462 e. The predicted octanol–water partition coefficient (Wildman–Crippen LogP) is 3.64. The number of hydrogen-bond donors (Lipinski definition) is 0. The standard InChI is InChI=1S/C19H14F3NO3/c1-2-26-19(25)16-10-23(9-11-5-13(21)7-14(22)6-11)17-4-3-12(20)8-15(17)18(16)24/h3-8,10H,2,9H2,1H3. The summed E-state index contributed by atoms with van der Waals surface area (Å²) in [5.41, 5.74) is -0.331. The SMILES string of the molecule is CCOC(=O)c1cn(Cc2cc(F)cc(F)c2)c2ccc(F)cc2c1=O. The van der Waals surface area contributed by atoms with Crippen molar-refractivity contribution in [2.75, 3.05) is 6.61 Å². The van der Waals surface area contributed by atoms with E-state index >= 15 is 0 Å². The Morgan fingerprint density at radius 1 is 1.04 bits per heavy atom. The van der Waals surface area contributed by atoms with Crippen molar-refractivity contribution in [1.82, 2.24) is 4.57 Å². The summed E-state index contributed by atoms with van der Waals surface area (Å²) in [4.78, 5) is 24.6. The Hall–Kier alpha value is -3.09. The molecule has 2 aromatic carbocycles.